The molecule has 0 fully saturated rings. The average molecular weight is 375 g/mol. The number of nitro benzene ring substituents is 1. The lowest BCUT2D eigenvalue weighted by Crippen LogP contribution is -1.98. The fourth-order valence-electron chi connectivity index (χ4n) is 1.71. The molecular weight excluding hydrogens is 365 g/mol. The largest absolute Gasteiger partial charge is 0.489 e. The van der Waals surface area contributed by atoms with Gasteiger partial charge in [-0.2, -0.15) is 0 Å². The first-order valence-electron chi connectivity index (χ1n) is 5.90. The Morgan fingerprint density at radius 1 is 1.29 bits per heavy atom. The van der Waals surface area contributed by atoms with E-state index in [2.05, 4.69) is 15.9 Å². The molecule has 0 spiro atoms. The van der Waals surface area contributed by atoms with Crippen LogP contribution in [0.5, 0.6) is 5.75 Å². The molecule has 0 aliphatic rings. The van der Waals surface area contributed by atoms with Crippen molar-refractivity contribution >= 4 is 33.2 Å². The molecule has 4 nitrogen and oxygen atoms in total. The quantitative estimate of drug-likeness (QED) is 0.428. The number of alkyl halides is 1. The topological polar surface area (TPSA) is 52.4 Å². The summed E-state index contributed by atoms with van der Waals surface area (Å²) >= 11 is 8.92. The number of halogens is 3. The number of rotatable bonds is 5. The number of ether oxygens (including phenoxy) is 1. The summed E-state index contributed by atoms with van der Waals surface area (Å²) in [5.74, 6) is 0.122. The summed E-state index contributed by atoms with van der Waals surface area (Å²) in [7, 11) is 0. The first-order valence-corrected chi connectivity index (χ1v) is 7.23. The molecule has 0 saturated carbocycles. The molecule has 7 heteroatoms. The fourth-order valence-corrected chi connectivity index (χ4v) is 2.34. The summed E-state index contributed by atoms with van der Waals surface area (Å²) in [4.78, 5) is 10.2. The van der Waals surface area contributed by atoms with Gasteiger partial charge < -0.3 is 4.74 Å². The Balaban J connectivity index is 2.13. The first kappa shape index (κ1) is 15.7. The van der Waals surface area contributed by atoms with E-state index in [1.807, 2.05) is 0 Å². The summed E-state index contributed by atoms with van der Waals surface area (Å²) in [5, 5.41) is 10.7. The molecule has 0 aromatic heterocycles. The maximum Gasteiger partial charge on any atom is 0.270 e. The second kappa shape index (κ2) is 6.87. The summed E-state index contributed by atoms with van der Waals surface area (Å²) in [5.41, 5.74) is 1.33. The van der Waals surface area contributed by atoms with E-state index in [9.17, 15) is 14.5 Å². The van der Waals surface area contributed by atoms with Gasteiger partial charge in [0.05, 0.1) is 4.92 Å². The molecule has 0 atom stereocenters. The summed E-state index contributed by atoms with van der Waals surface area (Å²) in [6.07, 6.45) is 0. The molecule has 0 amide bonds. The molecule has 2 rings (SSSR count). The van der Waals surface area contributed by atoms with Gasteiger partial charge in [-0.25, -0.2) is 4.39 Å². The van der Waals surface area contributed by atoms with Gasteiger partial charge in [0.2, 0.25) is 0 Å². The van der Waals surface area contributed by atoms with Crippen molar-refractivity contribution < 1.29 is 14.1 Å². The molecule has 110 valence electrons. The lowest BCUT2D eigenvalue weighted by Gasteiger charge is -2.09. The number of nitrogens with zero attached hydrogens (tertiary/aromatic N) is 1. The Labute approximate surface area is 133 Å². The van der Waals surface area contributed by atoms with Crippen LogP contribution in [0.25, 0.3) is 0 Å². The molecule has 0 radical (unpaired) electrons. The van der Waals surface area contributed by atoms with Crippen molar-refractivity contribution in [3.05, 3.63) is 67.9 Å². The molecular formula is C14H10BrClFNO3. The highest BCUT2D eigenvalue weighted by atomic mass is 79.9. The lowest BCUT2D eigenvalue weighted by molar-refractivity contribution is -0.384. The van der Waals surface area contributed by atoms with Crippen LogP contribution in [0, 0.1) is 15.9 Å². The third kappa shape index (κ3) is 4.15. The van der Waals surface area contributed by atoms with Crippen molar-refractivity contribution in [3.63, 3.8) is 0 Å². The number of nitro groups is 1. The van der Waals surface area contributed by atoms with Crippen LogP contribution < -0.4 is 4.74 Å². The van der Waals surface area contributed by atoms with Crippen molar-refractivity contribution in [2.45, 2.75) is 12.5 Å². The van der Waals surface area contributed by atoms with E-state index in [1.165, 1.54) is 24.3 Å². The van der Waals surface area contributed by atoms with Crippen LogP contribution >= 0.6 is 27.5 Å². The Hall–Kier alpha value is -1.66. The molecule has 0 bridgehead atoms. The monoisotopic (exact) mass is 373 g/mol. The molecule has 0 heterocycles. The van der Waals surface area contributed by atoms with Crippen LogP contribution in [0.2, 0.25) is 0 Å². The predicted molar refractivity (Wildman–Crippen MR) is 81.1 cm³/mol. The van der Waals surface area contributed by atoms with Crippen molar-refractivity contribution in [1.82, 2.24) is 0 Å². The Morgan fingerprint density at radius 3 is 2.67 bits per heavy atom. The van der Waals surface area contributed by atoms with Gasteiger partial charge >= 0.3 is 0 Å². The van der Waals surface area contributed by atoms with Gasteiger partial charge in [-0.05, 0) is 23.8 Å². The second-order valence-corrected chi connectivity index (χ2v) is 5.37. The fraction of sp³-hybridized carbons (Fsp3) is 0.143. The van der Waals surface area contributed by atoms with Crippen molar-refractivity contribution in [2.24, 2.45) is 0 Å². The minimum Gasteiger partial charge on any atom is -0.489 e. The summed E-state index contributed by atoms with van der Waals surface area (Å²) in [6.45, 7) is 0.157. The Bertz CT molecular complexity index is 681. The number of hydrogen-bond acceptors (Lipinski definition) is 3. The number of non-ortho nitro benzene ring substituents is 1. The molecule has 2 aromatic carbocycles. The highest BCUT2D eigenvalue weighted by Gasteiger charge is 2.10. The van der Waals surface area contributed by atoms with Gasteiger partial charge in [0.15, 0.2) is 0 Å². The SMILES string of the molecule is O=[N+]([O-])c1ccc(COc2cc(F)cc(CCl)c2)c(Br)c1. The van der Waals surface area contributed by atoms with E-state index in [0.29, 0.717) is 15.8 Å². The van der Waals surface area contributed by atoms with Crippen molar-refractivity contribution in [1.29, 1.82) is 0 Å². The third-order valence-electron chi connectivity index (χ3n) is 2.73. The highest BCUT2D eigenvalue weighted by molar-refractivity contribution is 9.10. The van der Waals surface area contributed by atoms with E-state index < -0.39 is 10.7 Å². The molecule has 21 heavy (non-hydrogen) atoms. The van der Waals surface area contributed by atoms with E-state index in [1.54, 1.807) is 12.1 Å². The van der Waals surface area contributed by atoms with Crippen LogP contribution in [-0.4, -0.2) is 4.92 Å². The van der Waals surface area contributed by atoms with E-state index in [0.717, 1.165) is 5.56 Å². The zero-order chi connectivity index (χ0) is 15.4. The van der Waals surface area contributed by atoms with Crippen LogP contribution in [-0.2, 0) is 12.5 Å². The second-order valence-electron chi connectivity index (χ2n) is 4.25. The average Bonchev–Trinajstić information content (AvgIpc) is 2.45. The smallest absolute Gasteiger partial charge is 0.270 e. The summed E-state index contributed by atoms with van der Waals surface area (Å²) in [6, 6.07) is 8.62. The van der Waals surface area contributed by atoms with Crippen molar-refractivity contribution in [3.8, 4) is 5.75 Å². The minimum absolute atomic E-state index is 0.0131. The number of benzene rings is 2. The third-order valence-corrected chi connectivity index (χ3v) is 3.77. The van der Waals surface area contributed by atoms with Crippen molar-refractivity contribution in [2.75, 3.05) is 0 Å². The molecule has 2 aromatic rings. The lowest BCUT2D eigenvalue weighted by atomic mass is 10.2. The van der Waals surface area contributed by atoms with E-state index >= 15 is 0 Å². The molecule has 0 unspecified atom stereocenters. The molecule has 0 aliphatic carbocycles. The number of hydrogen-bond donors (Lipinski definition) is 0. The zero-order valence-corrected chi connectivity index (χ0v) is 13.0. The standard InChI is InChI=1S/C14H10BrClFNO3/c15-14-6-12(18(19)20)2-1-10(14)8-21-13-4-9(7-16)3-11(17)5-13/h1-6H,7-8H2. The molecule has 0 N–H and O–H groups in total. The van der Waals surface area contributed by atoms with Crippen LogP contribution in [0.4, 0.5) is 10.1 Å². The molecule has 0 aliphatic heterocycles. The van der Waals surface area contributed by atoms with Gasteiger partial charge in [-0.15, -0.1) is 11.6 Å². The maximum atomic E-state index is 13.3. The normalized spacial score (nSPS) is 10.4. The summed E-state index contributed by atoms with van der Waals surface area (Å²) < 4.78 is 19.4. The van der Waals surface area contributed by atoms with Crippen LogP contribution in [0.15, 0.2) is 40.9 Å². The first-order chi connectivity index (χ1) is 9.99. The van der Waals surface area contributed by atoms with Crippen LogP contribution in [0.1, 0.15) is 11.1 Å². The van der Waals surface area contributed by atoms with E-state index in [4.69, 9.17) is 16.3 Å². The predicted octanol–water partition coefficient (Wildman–Crippen LogP) is 4.81. The Morgan fingerprint density at radius 2 is 2.05 bits per heavy atom. The Kier molecular flexibility index (Phi) is 5.14. The van der Waals surface area contributed by atoms with Gasteiger partial charge in [0, 0.05) is 34.1 Å². The maximum absolute atomic E-state index is 13.3. The minimum atomic E-state index is -0.477. The van der Waals surface area contributed by atoms with Crippen LogP contribution in [0.3, 0.4) is 0 Å². The van der Waals surface area contributed by atoms with Gasteiger partial charge in [0.1, 0.15) is 18.2 Å². The molecule has 0 saturated heterocycles. The van der Waals surface area contributed by atoms with Gasteiger partial charge in [0.25, 0.3) is 5.69 Å². The van der Waals surface area contributed by atoms with Gasteiger partial charge in [-0.3, -0.25) is 10.1 Å². The van der Waals surface area contributed by atoms with E-state index in [-0.39, 0.29) is 18.2 Å². The zero-order valence-electron chi connectivity index (χ0n) is 10.7. The van der Waals surface area contributed by atoms with Gasteiger partial charge in [-0.1, -0.05) is 15.9 Å². The highest BCUT2D eigenvalue weighted by Crippen LogP contribution is 2.25.